The average molecular weight is 235 g/mol. The topological polar surface area (TPSA) is 67.0 Å². The van der Waals surface area contributed by atoms with Gasteiger partial charge in [-0.2, -0.15) is 0 Å². The lowest BCUT2D eigenvalue weighted by atomic mass is 10.1. The van der Waals surface area contributed by atoms with Crippen LogP contribution < -0.4 is 10.1 Å². The quantitative estimate of drug-likeness (QED) is 0.774. The predicted octanol–water partition coefficient (Wildman–Crippen LogP) is 0.996. The minimum absolute atomic E-state index is 0.0507. The van der Waals surface area contributed by atoms with Crippen LogP contribution in [0, 0.1) is 5.82 Å². The van der Waals surface area contributed by atoms with Gasteiger partial charge in [-0.3, -0.25) is 4.79 Å². The summed E-state index contributed by atoms with van der Waals surface area (Å²) >= 11 is 0. The van der Waals surface area contributed by atoms with Crippen LogP contribution in [0.3, 0.4) is 0 Å². The second-order valence-corrected chi connectivity index (χ2v) is 3.86. The number of pyridine rings is 1. The normalized spacial score (nSPS) is 14.6. The summed E-state index contributed by atoms with van der Waals surface area (Å²) in [6, 6.07) is 1.30. The molecule has 0 unspecified atom stereocenters. The van der Waals surface area contributed by atoms with Gasteiger partial charge in [0.2, 0.25) is 0 Å². The number of amides is 1. The van der Waals surface area contributed by atoms with Crippen LogP contribution in [0.5, 0.6) is 5.88 Å². The van der Waals surface area contributed by atoms with Gasteiger partial charge in [-0.05, 0) is 6.42 Å². The third kappa shape index (κ3) is 1.37. The summed E-state index contributed by atoms with van der Waals surface area (Å²) in [6.45, 7) is 0.570. The number of ether oxygens (including phenoxy) is 1. The van der Waals surface area contributed by atoms with Crippen LogP contribution >= 0.6 is 0 Å². The molecule has 2 aromatic rings. The number of carbonyl (C=O) groups is 1. The lowest BCUT2D eigenvalue weighted by molar-refractivity contribution is 0.0942. The first-order valence-electron chi connectivity index (χ1n) is 5.24. The first-order chi connectivity index (χ1) is 8.20. The maximum Gasteiger partial charge on any atom is 0.268 e. The van der Waals surface area contributed by atoms with E-state index in [0.29, 0.717) is 29.7 Å². The number of aromatic amines is 1. The average Bonchev–Trinajstić information content (AvgIpc) is 2.67. The second kappa shape index (κ2) is 3.44. The molecule has 0 saturated carbocycles. The maximum atomic E-state index is 13.5. The predicted molar refractivity (Wildman–Crippen MR) is 58.6 cm³/mol. The zero-order valence-corrected chi connectivity index (χ0v) is 9.13. The van der Waals surface area contributed by atoms with Gasteiger partial charge in [-0.15, -0.1) is 0 Å². The van der Waals surface area contributed by atoms with Crippen molar-refractivity contribution in [1.82, 2.24) is 15.3 Å². The molecule has 0 radical (unpaired) electrons. The Kier molecular flexibility index (Phi) is 2.04. The Bertz CT molecular complexity index is 621. The number of rotatable bonds is 1. The van der Waals surface area contributed by atoms with Crippen LogP contribution in [0.4, 0.5) is 4.39 Å². The molecule has 3 heterocycles. The van der Waals surface area contributed by atoms with E-state index in [2.05, 4.69) is 15.3 Å². The molecule has 0 saturated heterocycles. The van der Waals surface area contributed by atoms with E-state index in [1.54, 1.807) is 0 Å². The summed E-state index contributed by atoms with van der Waals surface area (Å²) < 4.78 is 18.3. The van der Waals surface area contributed by atoms with Crippen molar-refractivity contribution >= 4 is 16.9 Å². The summed E-state index contributed by atoms with van der Waals surface area (Å²) in [4.78, 5) is 18.6. The fourth-order valence-electron chi connectivity index (χ4n) is 2.10. The number of hydrogen-bond donors (Lipinski definition) is 2. The first kappa shape index (κ1) is 10.1. The van der Waals surface area contributed by atoms with Crippen LogP contribution in [0.1, 0.15) is 16.1 Å². The third-order valence-electron chi connectivity index (χ3n) is 2.87. The van der Waals surface area contributed by atoms with Crippen molar-refractivity contribution in [3.05, 3.63) is 23.1 Å². The molecule has 1 aliphatic heterocycles. The lowest BCUT2D eigenvalue weighted by Crippen LogP contribution is -2.31. The molecule has 0 fully saturated rings. The van der Waals surface area contributed by atoms with Gasteiger partial charge in [0.15, 0.2) is 5.82 Å². The highest BCUT2D eigenvalue weighted by atomic mass is 19.1. The van der Waals surface area contributed by atoms with Gasteiger partial charge in [-0.25, -0.2) is 9.37 Å². The highest BCUT2D eigenvalue weighted by Crippen LogP contribution is 2.27. The molecule has 0 atom stereocenters. The molecule has 3 rings (SSSR count). The fraction of sp³-hybridized carbons (Fsp3) is 0.273. The van der Waals surface area contributed by atoms with E-state index in [-0.39, 0.29) is 11.8 Å². The molecule has 0 aliphatic carbocycles. The van der Waals surface area contributed by atoms with E-state index in [1.165, 1.54) is 13.2 Å². The molecule has 17 heavy (non-hydrogen) atoms. The zero-order valence-electron chi connectivity index (χ0n) is 9.13. The molecule has 0 aromatic carbocycles. The summed E-state index contributed by atoms with van der Waals surface area (Å²) in [7, 11) is 1.36. The smallest absolute Gasteiger partial charge is 0.268 e. The number of halogens is 1. The molecule has 2 N–H and O–H groups in total. The Morgan fingerprint density at radius 1 is 1.53 bits per heavy atom. The number of H-pyrrole nitrogens is 1. The minimum Gasteiger partial charge on any atom is -0.479 e. The largest absolute Gasteiger partial charge is 0.479 e. The molecule has 2 aromatic heterocycles. The summed E-state index contributed by atoms with van der Waals surface area (Å²) in [5, 5.41) is 2.72. The zero-order chi connectivity index (χ0) is 12.0. The molecule has 1 aliphatic rings. The highest BCUT2D eigenvalue weighted by Gasteiger charge is 2.23. The SMILES string of the molecule is COc1nc2c3c([nH]c2cc1F)C(=O)NCC3. The van der Waals surface area contributed by atoms with Crippen molar-refractivity contribution in [2.24, 2.45) is 0 Å². The number of methoxy groups -OCH3 is 1. The molecule has 88 valence electrons. The van der Waals surface area contributed by atoms with E-state index in [4.69, 9.17) is 4.74 Å². The number of carbonyl (C=O) groups excluding carboxylic acids is 1. The highest BCUT2D eigenvalue weighted by molar-refractivity contribution is 6.01. The molecular weight excluding hydrogens is 225 g/mol. The molecular formula is C11H10FN3O2. The minimum atomic E-state index is -0.543. The number of nitrogens with one attached hydrogen (secondary N) is 2. The third-order valence-corrected chi connectivity index (χ3v) is 2.87. The van der Waals surface area contributed by atoms with Crippen molar-refractivity contribution in [2.45, 2.75) is 6.42 Å². The molecule has 5 nitrogen and oxygen atoms in total. The Morgan fingerprint density at radius 2 is 2.35 bits per heavy atom. The Labute approximate surface area is 96.0 Å². The van der Waals surface area contributed by atoms with Gasteiger partial charge in [0.25, 0.3) is 11.8 Å². The van der Waals surface area contributed by atoms with Crippen LogP contribution in [-0.4, -0.2) is 29.5 Å². The second-order valence-electron chi connectivity index (χ2n) is 3.86. The van der Waals surface area contributed by atoms with Crippen molar-refractivity contribution in [3.63, 3.8) is 0 Å². The molecule has 0 bridgehead atoms. The van der Waals surface area contributed by atoms with Crippen molar-refractivity contribution in [3.8, 4) is 5.88 Å². The van der Waals surface area contributed by atoms with E-state index < -0.39 is 5.82 Å². The maximum absolute atomic E-state index is 13.5. The number of nitrogens with zero attached hydrogens (tertiary/aromatic N) is 1. The lowest BCUT2D eigenvalue weighted by Gasteiger charge is -2.11. The van der Waals surface area contributed by atoms with Gasteiger partial charge >= 0.3 is 0 Å². The van der Waals surface area contributed by atoms with Crippen molar-refractivity contribution in [1.29, 1.82) is 0 Å². The molecule has 6 heteroatoms. The Morgan fingerprint density at radius 3 is 3.12 bits per heavy atom. The van der Waals surface area contributed by atoms with Gasteiger partial charge in [0, 0.05) is 18.2 Å². The van der Waals surface area contributed by atoms with Gasteiger partial charge in [0.05, 0.1) is 18.1 Å². The summed E-state index contributed by atoms with van der Waals surface area (Å²) in [5.74, 6) is -0.770. The van der Waals surface area contributed by atoms with Crippen LogP contribution in [0.25, 0.3) is 11.0 Å². The van der Waals surface area contributed by atoms with Crippen LogP contribution in [0.2, 0.25) is 0 Å². The van der Waals surface area contributed by atoms with Crippen molar-refractivity contribution < 1.29 is 13.9 Å². The van der Waals surface area contributed by atoms with Crippen LogP contribution in [0.15, 0.2) is 6.07 Å². The Hall–Kier alpha value is -2.11. The number of aromatic nitrogens is 2. The van der Waals surface area contributed by atoms with Crippen LogP contribution in [-0.2, 0) is 6.42 Å². The van der Waals surface area contributed by atoms with E-state index in [0.717, 1.165) is 5.56 Å². The number of fused-ring (bicyclic) bond motifs is 3. The summed E-state index contributed by atoms with van der Waals surface area (Å²) in [5.41, 5.74) is 2.41. The monoisotopic (exact) mass is 235 g/mol. The van der Waals surface area contributed by atoms with Gasteiger partial charge in [-0.1, -0.05) is 0 Å². The fourth-order valence-corrected chi connectivity index (χ4v) is 2.10. The summed E-state index contributed by atoms with van der Waals surface area (Å²) in [6.07, 6.45) is 0.683. The first-order valence-corrected chi connectivity index (χ1v) is 5.24. The van der Waals surface area contributed by atoms with Crippen molar-refractivity contribution in [2.75, 3.05) is 13.7 Å². The molecule has 1 amide bonds. The Balaban J connectivity index is 2.31. The van der Waals surface area contributed by atoms with Gasteiger partial charge in [0.1, 0.15) is 5.69 Å². The van der Waals surface area contributed by atoms with E-state index in [1.807, 2.05) is 0 Å². The number of hydrogen-bond acceptors (Lipinski definition) is 3. The van der Waals surface area contributed by atoms with E-state index in [9.17, 15) is 9.18 Å². The molecule has 0 spiro atoms. The van der Waals surface area contributed by atoms with E-state index >= 15 is 0 Å². The standard InChI is InChI=1S/C11H10FN3O2/c1-17-11-6(12)4-7-8(15-11)5-2-3-13-10(16)9(5)14-7/h4,14H,2-3H2,1H3,(H,13,16). The van der Waals surface area contributed by atoms with Gasteiger partial charge < -0.3 is 15.0 Å².